The summed E-state index contributed by atoms with van der Waals surface area (Å²) in [4.78, 5) is 14.2. The fourth-order valence-corrected chi connectivity index (χ4v) is 3.21. The molecule has 24 heavy (non-hydrogen) atoms. The van der Waals surface area contributed by atoms with E-state index >= 15 is 0 Å². The first-order valence-corrected chi connectivity index (χ1v) is 8.81. The van der Waals surface area contributed by atoms with Gasteiger partial charge in [-0.2, -0.15) is 0 Å². The van der Waals surface area contributed by atoms with E-state index in [0.717, 1.165) is 24.2 Å². The van der Waals surface area contributed by atoms with Crippen molar-refractivity contribution < 1.29 is 19.4 Å². The van der Waals surface area contributed by atoms with Gasteiger partial charge in [0.1, 0.15) is 18.0 Å². The summed E-state index contributed by atoms with van der Waals surface area (Å²) in [6.45, 7) is 3.57. The number of hydrogen-bond acceptors (Lipinski definition) is 4. The van der Waals surface area contributed by atoms with E-state index in [0.29, 0.717) is 25.5 Å². The highest BCUT2D eigenvalue weighted by Crippen LogP contribution is 2.30. The first-order chi connectivity index (χ1) is 11.5. The van der Waals surface area contributed by atoms with Crippen LogP contribution in [0.15, 0.2) is 24.3 Å². The Balaban J connectivity index is 1.58. The molecule has 1 unspecified atom stereocenters. The van der Waals surface area contributed by atoms with Gasteiger partial charge in [0.2, 0.25) is 5.91 Å². The van der Waals surface area contributed by atoms with Gasteiger partial charge in [-0.15, -0.1) is 0 Å². The van der Waals surface area contributed by atoms with Crippen LogP contribution in [0.25, 0.3) is 0 Å². The van der Waals surface area contributed by atoms with Crippen LogP contribution in [0, 0.1) is 12.8 Å². The first kappa shape index (κ1) is 17.2. The highest BCUT2D eigenvalue weighted by atomic mass is 16.5. The third-order valence-electron chi connectivity index (χ3n) is 4.90. The van der Waals surface area contributed by atoms with Crippen LogP contribution >= 0.6 is 0 Å². The molecule has 132 valence electrons. The normalized spacial score (nSPS) is 25.0. The molecule has 1 saturated carbocycles. The van der Waals surface area contributed by atoms with Gasteiger partial charge in [0.15, 0.2) is 0 Å². The van der Waals surface area contributed by atoms with Gasteiger partial charge >= 0.3 is 0 Å². The van der Waals surface area contributed by atoms with Gasteiger partial charge in [-0.3, -0.25) is 4.79 Å². The predicted molar refractivity (Wildman–Crippen MR) is 91.0 cm³/mol. The van der Waals surface area contributed by atoms with Crippen LogP contribution in [0.1, 0.15) is 31.2 Å². The maximum Gasteiger partial charge on any atom is 0.223 e. The zero-order chi connectivity index (χ0) is 17.0. The van der Waals surface area contributed by atoms with E-state index in [1.54, 1.807) is 4.90 Å². The molecule has 2 aliphatic rings. The average molecular weight is 333 g/mol. The largest absolute Gasteiger partial charge is 0.490 e. The van der Waals surface area contributed by atoms with E-state index < -0.39 is 5.60 Å². The summed E-state index contributed by atoms with van der Waals surface area (Å²) in [5.74, 6) is 1.37. The number of amides is 1. The van der Waals surface area contributed by atoms with Crippen LogP contribution in [-0.4, -0.2) is 54.4 Å². The van der Waals surface area contributed by atoms with E-state index in [-0.39, 0.29) is 25.7 Å². The van der Waals surface area contributed by atoms with Crippen LogP contribution in [0.5, 0.6) is 5.75 Å². The topological polar surface area (TPSA) is 59.0 Å². The number of carbonyl (C=O) groups is 1. The van der Waals surface area contributed by atoms with Gasteiger partial charge in [0, 0.05) is 13.0 Å². The lowest BCUT2D eigenvalue weighted by atomic mass is 9.82. The molecular formula is C19H27NO4. The van der Waals surface area contributed by atoms with Gasteiger partial charge in [0.05, 0.1) is 19.8 Å². The molecule has 0 radical (unpaired) electrons. The molecule has 1 atom stereocenters. The number of rotatable bonds is 5. The summed E-state index contributed by atoms with van der Waals surface area (Å²) in [5, 5.41) is 10.9. The number of carbonyl (C=O) groups excluding carboxylic acids is 1. The summed E-state index contributed by atoms with van der Waals surface area (Å²) in [7, 11) is 0. The van der Waals surface area contributed by atoms with Crippen molar-refractivity contribution in [2.45, 2.75) is 38.2 Å². The van der Waals surface area contributed by atoms with Crippen molar-refractivity contribution in [3.63, 3.8) is 0 Å². The molecule has 1 heterocycles. The van der Waals surface area contributed by atoms with E-state index in [4.69, 9.17) is 9.47 Å². The molecule has 5 nitrogen and oxygen atoms in total. The van der Waals surface area contributed by atoms with Crippen LogP contribution < -0.4 is 4.74 Å². The lowest BCUT2D eigenvalue weighted by molar-refractivity contribution is -0.136. The van der Waals surface area contributed by atoms with Crippen LogP contribution in [0.3, 0.4) is 0 Å². The molecule has 3 rings (SSSR count). The second-order valence-corrected chi connectivity index (χ2v) is 7.20. The Morgan fingerprint density at radius 3 is 3.00 bits per heavy atom. The number of nitrogens with zero attached hydrogens (tertiary/aromatic N) is 1. The Morgan fingerprint density at radius 1 is 1.46 bits per heavy atom. The Hall–Kier alpha value is -1.59. The second-order valence-electron chi connectivity index (χ2n) is 7.20. The van der Waals surface area contributed by atoms with E-state index in [2.05, 4.69) is 0 Å². The monoisotopic (exact) mass is 333 g/mol. The third-order valence-corrected chi connectivity index (χ3v) is 4.90. The number of β-amino-alcohol motifs (C(OH)–C–C–N with tert-alkyl or cyclic N) is 1. The minimum Gasteiger partial charge on any atom is -0.490 e. The molecule has 1 aliphatic carbocycles. The molecular weight excluding hydrogens is 306 g/mol. The number of hydrogen-bond donors (Lipinski definition) is 1. The molecule has 5 heteroatoms. The Bertz CT molecular complexity index is 572. The van der Waals surface area contributed by atoms with Gasteiger partial charge in [0.25, 0.3) is 0 Å². The summed E-state index contributed by atoms with van der Waals surface area (Å²) in [5.41, 5.74) is -0.0656. The highest BCUT2D eigenvalue weighted by molar-refractivity contribution is 5.76. The summed E-state index contributed by atoms with van der Waals surface area (Å²) in [6, 6.07) is 7.72. The molecule has 0 spiro atoms. The Morgan fingerprint density at radius 2 is 2.29 bits per heavy atom. The second kappa shape index (κ2) is 7.53. The van der Waals surface area contributed by atoms with Gasteiger partial charge < -0.3 is 19.5 Å². The maximum atomic E-state index is 12.5. The van der Waals surface area contributed by atoms with E-state index in [1.165, 1.54) is 6.42 Å². The van der Waals surface area contributed by atoms with Crippen molar-refractivity contribution in [3.05, 3.63) is 29.8 Å². The molecule has 1 aromatic carbocycles. The van der Waals surface area contributed by atoms with Gasteiger partial charge in [-0.25, -0.2) is 0 Å². The number of aryl methyl sites for hydroxylation is 1. The number of aliphatic hydroxyl groups is 1. The van der Waals surface area contributed by atoms with Crippen molar-refractivity contribution in [1.82, 2.24) is 4.90 Å². The van der Waals surface area contributed by atoms with E-state index in [9.17, 15) is 9.90 Å². The molecule has 1 aromatic rings. The zero-order valence-electron chi connectivity index (χ0n) is 14.4. The molecule has 1 amide bonds. The average Bonchev–Trinajstić information content (AvgIpc) is 2.71. The minimum atomic E-state index is -1.17. The maximum absolute atomic E-state index is 12.5. The molecule has 1 aliphatic heterocycles. The third kappa shape index (κ3) is 4.48. The molecule has 1 N–H and O–H groups in total. The fourth-order valence-electron chi connectivity index (χ4n) is 3.21. The van der Waals surface area contributed by atoms with Crippen molar-refractivity contribution in [2.75, 3.05) is 32.9 Å². The fraction of sp³-hybridized carbons (Fsp3) is 0.632. The highest BCUT2D eigenvalue weighted by Gasteiger charge is 2.36. The van der Waals surface area contributed by atoms with Crippen molar-refractivity contribution in [3.8, 4) is 5.75 Å². The van der Waals surface area contributed by atoms with Crippen molar-refractivity contribution >= 4 is 5.91 Å². The van der Waals surface area contributed by atoms with Crippen LogP contribution in [0.4, 0.5) is 0 Å². The van der Waals surface area contributed by atoms with Crippen molar-refractivity contribution in [2.24, 2.45) is 5.92 Å². The van der Waals surface area contributed by atoms with Crippen LogP contribution in [-0.2, 0) is 9.53 Å². The standard InChI is InChI=1S/C19H27NO4/c1-15-4-2-7-17(10-15)24-14-19(22)12-20(8-9-23-13-19)18(21)11-16-5-3-6-16/h2,4,7,10,16,22H,3,5-6,8-9,11-14H2,1H3. The minimum absolute atomic E-state index is 0.115. The SMILES string of the molecule is Cc1cccc(OCC2(O)COCCN(C(=O)CC3CCC3)C2)c1. The van der Waals surface area contributed by atoms with E-state index in [1.807, 2.05) is 31.2 Å². The Labute approximate surface area is 143 Å². The van der Waals surface area contributed by atoms with Crippen molar-refractivity contribution in [1.29, 1.82) is 0 Å². The lowest BCUT2D eigenvalue weighted by Gasteiger charge is -2.32. The number of ether oxygens (including phenoxy) is 2. The summed E-state index contributed by atoms with van der Waals surface area (Å²) < 4.78 is 11.3. The van der Waals surface area contributed by atoms with Gasteiger partial charge in [-0.1, -0.05) is 18.6 Å². The lowest BCUT2D eigenvalue weighted by Crippen LogP contribution is -2.50. The Kier molecular flexibility index (Phi) is 5.41. The summed E-state index contributed by atoms with van der Waals surface area (Å²) in [6.07, 6.45) is 4.12. The first-order valence-electron chi connectivity index (χ1n) is 8.81. The smallest absolute Gasteiger partial charge is 0.223 e. The summed E-state index contributed by atoms with van der Waals surface area (Å²) >= 11 is 0. The van der Waals surface area contributed by atoms with Gasteiger partial charge in [-0.05, 0) is 43.4 Å². The molecule has 2 fully saturated rings. The zero-order valence-corrected chi connectivity index (χ0v) is 14.4. The van der Waals surface area contributed by atoms with Crippen LogP contribution in [0.2, 0.25) is 0 Å². The molecule has 1 saturated heterocycles. The molecule has 0 aromatic heterocycles. The number of benzene rings is 1. The quantitative estimate of drug-likeness (QED) is 0.897. The molecule has 0 bridgehead atoms. The predicted octanol–water partition coefficient (Wildman–Crippen LogP) is 2.15.